The van der Waals surface area contributed by atoms with E-state index in [-0.39, 0.29) is 12.1 Å². The minimum absolute atomic E-state index is 0.225. The molecule has 2 N–H and O–H groups in total. The van der Waals surface area contributed by atoms with Crippen LogP contribution in [0.1, 0.15) is 13.8 Å². The molecule has 2 atom stereocenters. The van der Waals surface area contributed by atoms with E-state index in [1.54, 1.807) is 0 Å². The molecule has 0 bridgehead atoms. The van der Waals surface area contributed by atoms with E-state index in [0.717, 1.165) is 39.4 Å². The first-order valence-electron chi connectivity index (χ1n) is 5.50. The summed E-state index contributed by atoms with van der Waals surface area (Å²) in [4.78, 5) is 2.28. The van der Waals surface area contributed by atoms with Crippen molar-refractivity contribution in [3.05, 3.63) is 0 Å². The van der Waals surface area contributed by atoms with Crippen LogP contribution in [0.25, 0.3) is 0 Å². The summed E-state index contributed by atoms with van der Waals surface area (Å²) in [5.41, 5.74) is 0. The van der Waals surface area contributed by atoms with Crippen molar-refractivity contribution < 1.29 is 9.84 Å². The molecule has 1 saturated heterocycles. The number of ether oxygens (including phenoxy) is 1. The van der Waals surface area contributed by atoms with Gasteiger partial charge in [-0.1, -0.05) is 6.92 Å². The van der Waals surface area contributed by atoms with Crippen molar-refractivity contribution in [2.45, 2.75) is 26.0 Å². The van der Waals surface area contributed by atoms with Crippen molar-refractivity contribution in [1.29, 1.82) is 0 Å². The highest BCUT2D eigenvalue weighted by molar-refractivity contribution is 4.88. The van der Waals surface area contributed by atoms with Crippen molar-refractivity contribution in [2.24, 2.45) is 0 Å². The Morgan fingerprint density at radius 1 is 1.43 bits per heavy atom. The molecule has 2 unspecified atom stereocenters. The molecule has 0 aliphatic carbocycles. The number of hydrogen-bond donors (Lipinski definition) is 2. The zero-order chi connectivity index (χ0) is 10.4. The fraction of sp³-hybridized carbons (Fsp3) is 1.00. The third-order valence-electron chi connectivity index (χ3n) is 2.75. The van der Waals surface area contributed by atoms with Gasteiger partial charge in [-0.3, -0.25) is 4.90 Å². The third-order valence-corrected chi connectivity index (χ3v) is 2.75. The Labute approximate surface area is 86.2 Å². The van der Waals surface area contributed by atoms with Crippen LogP contribution < -0.4 is 5.32 Å². The number of likely N-dealkylation sites (N-methyl/N-ethyl adjacent to an activating group) is 1. The first-order valence-corrected chi connectivity index (χ1v) is 5.50. The molecule has 0 radical (unpaired) electrons. The summed E-state index contributed by atoms with van der Waals surface area (Å²) in [5, 5.41) is 12.9. The van der Waals surface area contributed by atoms with Gasteiger partial charge >= 0.3 is 0 Å². The lowest BCUT2D eigenvalue weighted by atomic mass is 10.2. The molecule has 1 aliphatic rings. The lowest BCUT2D eigenvalue weighted by Crippen LogP contribution is -2.44. The van der Waals surface area contributed by atoms with E-state index in [1.165, 1.54) is 0 Å². The van der Waals surface area contributed by atoms with Crippen LogP contribution in [0, 0.1) is 0 Å². The zero-order valence-electron chi connectivity index (χ0n) is 9.20. The van der Waals surface area contributed by atoms with E-state index in [0.29, 0.717) is 0 Å². The molecule has 84 valence electrons. The van der Waals surface area contributed by atoms with Crippen LogP contribution >= 0.6 is 0 Å². The quantitative estimate of drug-likeness (QED) is 0.579. The Hall–Kier alpha value is -0.160. The number of nitrogens with zero attached hydrogens (tertiary/aromatic N) is 1. The molecule has 4 nitrogen and oxygen atoms in total. The molecule has 1 fully saturated rings. The average molecular weight is 202 g/mol. The van der Waals surface area contributed by atoms with Gasteiger partial charge in [-0.15, -0.1) is 0 Å². The second-order valence-corrected chi connectivity index (χ2v) is 3.62. The van der Waals surface area contributed by atoms with E-state index in [1.807, 2.05) is 6.92 Å². The van der Waals surface area contributed by atoms with E-state index >= 15 is 0 Å². The summed E-state index contributed by atoms with van der Waals surface area (Å²) in [5.74, 6) is 0. The molecule has 14 heavy (non-hydrogen) atoms. The molecule has 0 aromatic heterocycles. The highest BCUT2D eigenvalue weighted by Crippen LogP contribution is 2.08. The van der Waals surface area contributed by atoms with Crippen LogP contribution in [0.2, 0.25) is 0 Å². The maximum Gasteiger partial charge on any atom is 0.0831 e. The maximum atomic E-state index is 9.70. The predicted molar refractivity (Wildman–Crippen MR) is 56.4 cm³/mol. The lowest BCUT2D eigenvalue weighted by molar-refractivity contribution is 0.0559. The number of rotatable bonds is 6. The summed E-state index contributed by atoms with van der Waals surface area (Å²) in [7, 11) is 0. The SMILES string of the molecule is CCOCCN(CC)C1CNCC1O. The molecule has 0 saturated carbocycles. The number of nitrogens with one attached hydrogen (secondary N) is 1. The summed E-state index contributed by atoms with van der Waals surface area (Å²) < 4.78 is 5.32. The molecular formula is C10H22N2O2. The van der Waals surface area contributed by atoms with E-state index < -0.39 is 0 Å². The molecule has 1 heterocycles. The molecule has 0 aromatic carbocycles. The fourth-order valence-electron chi connectivity index (χ4n) is 1.91. The largest absolute Gasteiger partial charge is 0.390 e. The number of β-amino-alcohol motifs (C(OH)–C–C–N with tert-alkyl or cyclic N) is 1. The summed E-state index contributed by atoms with van der Waals surface area (Å²) in [6.45, 7) is 9.14. The van der Waals surface area contributed by atoms with Gasteiger partial charge in [0.25, 0.3) is 0 Å². The third kappa shape index (κ3) is 3.20. The number of aliphatic hydroxyl groups excluding tert-OH is 1. The van der Waals surface area contributed by atoms with Gasteiger partial charge in [0.1, 0.15) is 0 Å². The van der Waals surface area contributed by atoms with Gasteiger partial charge in [-0.05, 0) is 13.5 Å². The molecule has 1 rings (SSSR count). The van der Waals surface area contributed by atoms with Crippen molar-refractivity contribution in [3.8, 4) is 0 Å². The van der Waals surface area contributed by atoms with E-state index in [2.05, 4.69) is 17.1 Å². The number of hydrogen-bond acceptors (Lipinski definition) is 4. The van der Waals surface area contributed by atoms with Gasteiger partial charge in [-0.25, -0.2) is 0 Å². The first-order chi connectivity index (χ1) is 6.79. The van der Waals surface area contributed by atoms with Crippen LogP contribution in [0.4, 0.5) is 0 Å². The van der Waals surface area contributed by atoms with Gasteiger partial charge < -0.3 is 15.2 Å². The summed E-state index contributed by atoms with van der Waals surface area (Å²) >= 11 is 0. The van der Waals surface area contributed by atoms with Crippen molar-refractivity contribution in [2.75, 3.05) is 39.4 Å². The van der Waals surface area contributed by atoms with E-state index in [4.69, 9.17) is 4.74 Å². The monoisotopic (exact) mass is 202 g/mol. The molecule has 0 aromatic rings. The van der Waals surface area contributed by atoms with Crippen molar-refractivity contribution in [3.63, 3.8) is 0 Å². The van der Waals surface area contributed by atoms with Crippen molar-refractivity contribution >= 4 is 0 Å². The van der Waals surface area contributed by atoms with Crippen molar-refractivity contribution in [1.82, 2.24) is 10.2 Å². The van der Waals surface area contributed by atoms with Gasteiger partial charge in [0.15, 0.2) is 0 Å². The van der Waals surface area contributed by atoms with Crippen LogP contribution in [0.3, 0.4) is 0 Å². The summed E-state index contributed by atoms with van der Waals surface area (Å²) in [6.07, 6.45) is -0.225. The van der Waals surface area contributed by atoms with Gasteiger partial charge in [0.05, 0.1) is 12.7 Å². The Bertz CT molecular complexity index is 155. The highest BCUT2D eigenvalue weighted by Gasteiger charge is 2.29. The Kier molecular flexibility index (Phi) is 5.40. The molecule has 1 aliphatic heterocycles. The predicted octanol–water partition coefficient (Wildman–Crippen LogP) is -0.322. The second-order valence-electron chi connectivity index (χ2n) is 3.62. The number of aliphatic hydroxyl groups is 1. The van der Waals surface area contributed by atoms with Gasteiger partial charge in [0.2, 0.25) is 0 Å². The lowest BCUT2D eigenvalue weighted by Gasteiger charge is -2.28. The maximum absolute atomic E-state index is 9.70. The Morgan fingerprint density at radius 3 is 2.71 bits per heavy atom. The smallest absolute Gasteiger partial charge is 0.0831 e. The zero-order valence-corrected chi connectivity index (χ0v) is 9.20. The first kappa shape index (κ1) is 11.9. The average Bonchev–Trinajstić information content (AvgIpc) is 2.60. The molecular weight excluding hydrogens is 180 g/mol. The van der Waals surface area contributed by atoms with Crippen LogP contribution in [-0.4, -0.2) is 61.5 Å². The summed E-state index contributed by atoms with van der Waals surface area (Å²) in [6, 6.07) is 0.264. The van der Waals surface area contributed by atoms with Crippen LogP contribution in [-0.2, 0) is 4.74 Å². The van der Waals surface area contributed by atoms with Crippen LogP contribution in [0.15, 0.2) is 0 Å². The van der Waals surface area contributed by atoms with Crippen LogP contribution in [0.5, 0.6) is 0 Å². The highest BCUT2D eigenvalue weighted by atomic mass is 16.5. The second kappa shape index (κ2) is 6.35. The van der Waals surface area contributed by atoms with E-state index in [9.17, 15) is 5.11 Å². The normalized spacial score (nSPS) is 27.4. The Balaban J connectivity index is 2.29. The molecule has 0 spiro atoms. The molecule has 0 amide bonds. The Morgan fingerprint density at radius 2 is 2.21 bits per heavy atom. The molecule has 4 heteroatoms. The van der Waals surface area contributed by atoms with Gasteiger partial charge in [-0.2, -0.15) is 0 Å². The fourth-order valence-corrected chi connectivity index (χ4v) is 1.91. The minimum Gasteiger partial charge on any atom is -0.390 e. The van der Waals surface area contributed by atoms with Gasteiger partial charge in [0, 0.05) is 32.3 Å². The minimum atomic E-state index is -0.225. The standard InChI is InChI=1S/C10H22N2O2/c1-3-12(5-6-14-4-2)9-7-11-8-10(9)13/h9-11,13H,3-8H2,1-2H3. The topological polar surface area (TPSA) is 44.7 Å².